The predicted molar refractivity (Wildman–Crippen MR) is 63.5 cm³/mol. The van der Waals surface area contributed by atoms with Crippen molar-refractivity contribution in [2.45, 2.75) is 18.0 Å². The molecule has 0 aromatic heterocycles. The molecule has 1 aliphatic rings. The van der Waals surface area contributed by atoms with E-state index in [-0.39, 0.29) is 23.5 Å². The van der Waals surface area contributed by atoms with Gasteiger partial charge in [-0.2, -0.15) is 0 Å². The van der Waals surface area contributed by atoms with Crippen molar-refractivity contribution < 1.29 is 10.0 Å². The number of hydrogen-bond acceptors (Lipinski definition) is 4. The SMILES string of the molecule is CN1C[C@H]([N+](=O)[O-])[C@@H](c2ccccc2)[C@H]1CO. The van der Waals surface area contributed by atoms with Crippen LogP contribution in [-0.4, -0.2) is 47.2 Å². The third kappa shape index (κ3) is 2.16. The molecule has 0 unspecified atom stereocenters. The van der Waals surface area contributed by atoms with E-state index in [2.05, 4.69) is 0 Å². The Morgan fingerprint density at radius 2 is 2.12 bits per heavy atom. The van der Waals surface area contributed by atoms with Crippen LogP contribution >= 0.6 is 0 Å². The first kappa shape index (κ1) is 12.0. The molecule has 0 aliphatic carbocycles. The average molecular weight is 236 g/mol. The second-order valence-electron chi connectivity index (χ2n) is 4.48. The van der Waals surface area contributed by atoms with Crippen molar-refractivity contribution in [2.24, 2.45) is 0 Å². The lowest BCUT2D eigenvalue weighted by Gasteiger charge is -2.22. The van der Waals surface area contributed by atoms with Crippen molar-refractivity contribution in [3.63, 3.8) is 0 Å². The van der Waals surface area contributed by atoms with E-state index in [1.54, 1.807) is 0 Å². The fourth-order valence-electron chi connectivity index (χ4n) is 2.64. The minimum atomic E-state index is -0.639. The molecule has 1 aliphatic heterocycles. The van der Waals surface area contributed by atoms with Crippen molar-refractivity contribution in [1.29, 1.82) is 0 Å². The van der Waals surface area contributed by atoms with Crippen LogP contribution in [0.2, 0.25) is 0 Å². The van der Waals surface area contributed by atoms with Crippen LogP contribution in [-0.2, 0) is 0 Å². The molecule has 0 bridgehead atoms. The molecule has 1 aromatic carbocycles. The summed E-state index contributed by atoms with van der Waals surface area (Å²) < 4.78 is 0. The highest BCUT2D eigenvalue weighted by atomic mass is 16.6. The summed E-state index contributed by atoms with van der Waals surface area (Å²) in [5, 5.41) is 20.5. The Morgan fingerprint density at radius 1 is 1.47 bits per heavy atom. The molecule has 0 saturated carbocycles. The van der Waals surface area contributed by atoms with Crippen molar-refractivity contribution in [1.82, 2.24) is 4.90 Å². The van der Waals surface area contributed by atoms with E-state index in [0.717, 1.165) is 5.56 Å². The summed E-state index contributed by atoms with van der Waals surface area (Å²) in [4.78, 5) is 12.7. The molecule has 1 heterocycles. The van der Waals surface area contributed by atoms with Gasteiger partial charge in [0.15, 0.2) is 0 Å². The molecule has 92 valence electrons. The summed E-state index contributed by atoms with van der Waals surface area (Å²) in [6.45, 7) is 0.332. The van der Waals surface area contributed by atoms with Crippen molar-refractivity contribution in [2.75, 3.05) is 20.2 Å². The smallest absolute Gasteiger partial charge is 0.233 e. The van der Waals surface area contributed by atoms with Crippen LogP contribution in [0, 0.1) is 10.1 Å². The van der Waals surface area contributed by atoms with Crippen LogP contribution < -0.4 is 0 Å². The lowest BCUT2D eigenvalue weighted by molar-refractivity contribution is -0.521. The van der Waals surface area contributed by atoms with Crippen molar-refractivity contribution in [3.05, 3.63) is 46.0 Å². The predicted octanol–water partition coefficient (Wildman–Crippen LogP) is 0.722. The Kier molecular flexibility index (Phi) is 3.40. The number of hydrogen-bond donors (Lipinski definition) is 1. The Balaban J connectivity index is 2.35. The molecule has 5 heteroatoms. The monoisotopic (exact) mass is 236 g/mol. The Morgan fingerprint density at radius 3 is 2.65 bits per heavy atom. The van der Waals surface area contributed by atoms with Gasteiger partial charge in [-0.25, -0.2) is 0 Å². The summed E-state index contributed by atoms with van der Waals surface area (Å²) in [7, 11) is 1.82. The Bertz CT molecular complexity index is 396. The molecule has 1 fully saturated rings. The molecule has 5 nitrogen and oxygen atoms in total. The highest BCUT2D eigenvalue weighted by Crippen LogP contribution is 2.34. The normalized spacial score (nSPS) is 29.4. The lowest BCUT2D eigenvalue weighted by Crippen LogP contribution is -2.32. The van der Waals surface area contributed by atoms with E-state index in [9.17, 15) is 15.2 Å². The zero-order valence-electron chi connectivity index (χ0n) is 9.69. The maximum atomic E-state index is 11.1. The van der Waals surface area contributed by atoms with Crippen molar-refractivity contribution in [3.8, 4) is 0 Å². The van der Waals surface area contributed by atoms with Gasteiger partial charge in [0.1, 0.15) is 0 Å². The molecule has 0 amide bonds. The Labute approximate surface area is 99.8 Å². The highest BCUT2D eigenvalue weighted by molar-refractivity contribution is 5.24. The summed E-state index contributed by atoms with van der Waals surface area (Å²) in [6, 6.07) is 8.61. The third-order valence-electron chi connectivity index (χ3n) is 3.51. The number of likely N-dealkylation sites (N-methyl/N-ethyl adjacent to an activating group) is 1. The summed E-state index contributed by atoms with van der Waals surface area (Å²) in [5.74, 6) is -0.235. The lowest BCUT2D eigenvalue weighted by atomic mass is 9.89. The van der Waals surface area contributed by atoms with E-state index in [4.69, 9.17) is 0 Å². The molecule has 3 atom stereocenters. The Hall–Kier alpha value is -1.46. The van der Waals surface area contributed by atoms with Gasteiger partial charge in [0.25, 0.3) is 0 Å². The maximum absolute atomic E-state index is 11.1. The molecule has 1 aromatic rings. The van der Waals surface area contributed by atoms with Crippen LogP contribution in [0.3, 0.4) is 0 Å². The van der Waals surface area contributed by atoms with E-state index in [1.807, 2.05) is 42.3 Å². The minimum absolute atomic E-state index is 0.0552. The second-order valence-corrected chi connectivity index (χ2v) is 4.48. The fraction of sp³-hybridized carbons (Fsp3) is 0.500. The summed E-state index contributed by atoms with van der Waals surface area (Å²) in [6.07, 6.45) is 0. The quantitative estimate of drug-likeness (QED) is 0.620. The molecular weight excluding hydrogens is 220 g/mol. The first-order valence-electron chi connectivity index (χ1n) is 5.64. The van der Waals surface area contributed by atoms with Gasteiger partial charge < -0.3 is 5.11 Å². The van der Waals surface area contributed by atoms with Crippen LogP contribution in [0.5, 0.6) is 0 Å². The first-order valence-corrected chi connectivity index (χ1v) is 5.64. The standard InChI is InChI=1S/C12H16N2O3/c1-13-7-10(14(16)17)12(11(13)8-15)9-5-3-2-4-6-9/h2-6,10-12,15H,7-8H2,1H3/t10-,11+,12+/m0/s1. The number of likely N-dealkylation sites (tertiary alicyclic amines) is 1. The van der Waals surface area contributed by atoms with Crippen LogP contribution in [0.4, 0.5) is 0 Å². The molecular formula is C12H16N2O3. The molecule has 17 heavy (non-hydrogen) atoms. The average Bonchev–Trinajstić information content (AvgIpc) is 2.67. The van der Waals surface area contributed by atoms with E-state index in [0.29, 0.717) is 6.54 Å². The second kappa shape index (κ2) is 4.81. The van der Waals surface area contributed by atoms with Gasteiger partial charge >= 0.3 is 0 Å². The number of aliphatic hydroxyl groups excluding tert-OH is 1. The maximum Gasteiger partial charge on any atom is 0.233 e. The van der Waals surface area contributed by atoms with Crippen LogP contribution in [0.25, 0.3) is 0 Å². The van der Waals surface area contributed by atoms with Gasteiger partial charge in [0.05, 0.1) is 19.1 Å². The highest BCUT2D eigenvalue weighted by Gasteiger charge is 2.47. The molecule has 0 spiro atoms. The largest absolute Gasteiger partial charge is 0.395 e. The van der Waals surface area contributed by atoms with Gasteiger partial charge in [-0.05, 0) is 12.6 Å². The zero-order valence-corrected chi connectivity index (χ0v) is 9.69. The first-order chi connectivity index (χ1) is 8.15. The summed E-state index contributed by atoms with van der Waals surface area (Å²) in [5.41, 5.74) is 0.928. The van der Waals surface area contributed by atoms with E-state index in [1.165, 1.54) is 0 Å². The number of benzene rings is 1. The summed E-state index contributed by atoms with van der Waals surface area (Å²) >= 11 is 0. The molecule has 0 radical (unpaired) electrons. The number of nitrogens with zero attached hydrogens (tertiary/aromatic N) is 2. The topological polar surface area (TPSA) is 66.6 Å². The molecule has 2 rings (SSSR count). The van der Waals surface area contributed by atoms with E-state index < -0.39 is 6.04 Å². The van der Waals surface area contributed by atoms with Gasteiger partial charge in [0, 0.05) is 11.0 Å². The third-order valence-corrected chi connectivity index (χ3v) is 3.51. The van der Waals surface area contributed by atoms with Crippen LogP contribution in [0.1, 0.15) is 11.5 Å². The molecule has 1 saturated heterocycles. The van der Waals surface area contributed by atoms with Gasteiger partial charge in [0.2, 0.25) is 6.04 Å². The van der Waals surface area contributed by atoms with Crippen molar-refractivity contribution >= 4 is 0 Å². The number of aliphatic hydroxyl groups is 1. The minimum Gasteiger partial charge on any atom is -0.395 e. The van der Waals surface area contributed by atoms with Gasteiger partial charge in [-0.1, -0.05) is 30.3 Å². The fourth-order valence-corrected chi connectivity index (χ4v) is 2.64. The number of nitro groups is 1. The van der Waals surface area contributed by atoms with Crippen LogP contribution in [0.15, 0.2) is 30.3 Å². The van der Waals surface area contributed by atoms with Gasteiger partial charge in [-0.15, -0.1) is 0 Å². The number of rotatable bonds is 3. The van der Waals surface area contributed by atoms with Gasteiger partial charge in [-0.3, -0.25) is 15.0 Å². The molecule has 1 N–H and O–H groups in total. The van der Waals surface area contributed by atoms with E-state index >= 15 is 0 Å². The zero-order chi connectivity index (χ0) is 12.4.